The fourth-order valence-electron chi connectivity index (χ4n) is 4.06. The quantitative estimate of drug-likeness (QED) is 0.704. The van der Waals surface area contributed by atoms with E-state index in [1.807, 2.05) is 17.0 Å². The van der Waals surface area contributed by atoms with E-state index in [4.69, 9.17) is 0 Å². The number of fused-ring (bicyclic) bond motifs is 1. The Morgan fingerprint density at radius 1 is 0.966 bits per heavy atom. The summed E-state index contributed by atoms with van der Waals surface area (Å²) in [5.74, 6) is 0.473. The molecule has 5 nitrogen and oxygen atoms in total. The van der Waals surface area contributed by atoms with Crippen LogP contribution < -0.4 is 10.2 Å². The molecule has 0 spiro atoms. The molecule has 29 heavy (non-hydrogen) atoms. The van der Waals surface area contributed by atoms with E-state index in [9.17, 15) is 9.90 Å². The van der Waals surface area contributed by atoms with Gasteiger partial charge in [0.25, 0.3) is 5.91 Å². The number of phenols is 1. The number of aromatic hydroxyl groups is 1. The van der Waals surface area contributed by atoms with Crippen molar-refractivity contribution in [3.8, 4) is 5.75 Å². The molecule has 0 radical (unpaired) electrons. The van der Waals surface area contributed by atoms with Gasteiger partial charge in [0, 0.05) is 37.4 Å². The van der Waals surface area contributed by atoms with Gasteiger partial charge in [-0.3, -0.25) is 4.79 Å². The monoisotopic (exact) mass is 390 g/mol. The van der Waals surface area contributed by atoms with Crippen LogP contribution in [0.3, 0.4) is 0 Å². The number of quaternary nitrogens is 1. The lowest BCUT2D eigenvalue weighted by atomic mass is 10.00. The van der Waals surface area contributed by atoms with E-state index in [-0.39, 0.29) is 17.7 Å². The molecule has 1 aliphatic heterocycles. The Morgan fingerprint density at radius 3 is 2.41 bits per heavy atom. The molecule has 1 heterocycles. The molecule has 3 N–H and O–H groups in total. The zero-order valence-electron chi connectivity index (χ0n) is 16.8. The second kappa shape index (κ2) is 8.53. The smallest absolute Gasteiger partial charge is 0.277 e. The summed E-state index contributed by atoms with van der Waals surface area (Å²) in [5, 5.41) is 14.1. The van der Waals surface area contributed by atoms with Crippen molar-refractivity contribution in [1.29, 1.82) is 0 Å². The molecule has 1 saturated heterocycles. The summed E-state index contributed by atoms with van der Waals surface area (Å²) in [7, 11) is 0. The van der Waals surface area contributed by atoms with E-state index >= 15 is 0 Å². The number of hydrogen-bond donors (Lipinski definition) is 2. The normalized spacial score (nSPS) is 15.5. The Morgan fingerprint density at radius 2 is 1.66 bits per heavy atom. The maximum atomic E-state index is 12.7. The van der Waals surface area contributed by atoms with E-state index in [2.05, 4.69) is 59.6 Å². The molecule has 0 unspecified atom stereocenters. The lowest BCUT2D eigenvalue weighted by molar-refractivity contribution is -0.682. The molecule has 3 aromatic rings. The topological polar surface area (TPSA) is 60.4 Å². The molecule has 3 aromatic carbocycles. The summed E-state index contributed by atoms with van der Waals surface area (Å²) in [6.45, 7) is 5.72. The van der Waals surface area contributed by atoms with Gasteiger partial charge in [-0.1, -0.05) is 42.5 Å². The molecule has 150 valence electrons. The van der Waals surface area contributed by atoms with Gasteiger partial charge in [-0.2, -0.15) is 0 Å². The summed E-state index contributed by atoms with van der Waals surface area (Å²) in [5.41, 5.74) is 2.36. The Hall–Kier alpha value is -3.05. The SMILES string of the molecule is C[C@H]([NH2+]CC(=O)N1CCN(c2ccc(O)cc2)CC1)c1cccc2ccccc12. The zero-order chi connectivity index (χ0) is 20.2. The molecule has 1 atom stereocenters. The van der Waals surface area contributed by atoms with Crippen molar-refractivity contribution in [3.05, 3.63) is 72.3 Å². The average Bonchev–Trinajstić information content (AvgIpc) is 2.77. The van der Waals surface area contributed by atoms with E-state index in [1.54, 1.807) is 12.1 Å². The third kappa shape index (κ3) is 4.35. The molecule has 0 bridgehead atoms. The van der Waals surface area contributed by atoms with Crippen LogP contribution in [0.1, 0.15) is 18.5 Å². The molecule has 5 heteroatoms. The number of anilines is 1. The number of piperazine rings is 1. The summed E-state index contributed by atoms with van der Waals surface area (Å²) >= 11 is 0. The van der Waals surface area contributed by atoms with Crippen molar-refractivity contribution < 1.29 is 15.2 Å². The maximum absolute atomic E-state index is 12.7. The Labute approximate surface area is 171 Å². The highest BCUT2D eigenvalue weighted by atomic mass is 16.3. The van der Waals surface area contributed by atoms with Gasteiger partial charge in [0.05, 0.1) is 0 Å². The largest absolute Gasteiger partial charge is 0.508 e. The minimum absolute atomic E-state index is 0.197. The van der Waals surface area contributed by atoms with E-state index in [1.165, 1.54) is 16.3 Å². The van der Waals surface area contributed by atoms with Crippen LogP contribution in [0.5, 0.6) is 5.75 Å². The molecule has 4 rings (SSSR count). The third-order valence-corrected chi connectivity index (χ3v) is 5.81. The van der Waals surface area contributed by atoms with Crippen molar-refractivity contribution in [2.45, 2.75) is 13.0 Å². The van der Waals surface area contributed by atoms with Gasteiger partial charge >= 0.3 is 0 Å². The van der Waals surface area contributed by atoms with Crippen LogP contribution in [0.25, 0.3) is 10.8 Å². The maximum Gasteiger partial charge on any atom is 0.277 e. The second-order valence-electron chi connectivity index (χ2n) is 7.68. The average molecular weight is 391 g/mol. The number of nitrogens with zero attached hydrogens (tertiary/aromatic N) is 2. The number of amides is 1. The van der Waals surface area contributed by atoms with E-state index in [0.29, 0.717) is 6.54 Å². The molecule has 1 amide bonds. The highest BCUT2D eigenvalue weighted by Gasteiger charge is 2.23. The van der Waals surface area contributed by atoms with Gasteiger partial charge in [-0.05, 0) is 42.0 Å². The summed E-state index contributed by atoms with van der Waals surface area (Å²) in [4.78, 5) is 16.9. The predicted molar refractivity (Wildman–Crippen MR) is 116 cm³/mol. The fourth-order valence-corrected chi connectivity index (χ4v) is 4.06. The van der Waals surface area contributed by atoms with Crippen molar-refractivity contribution in [2.75, 3.05) is 37.6 Å². The van der Waals surface area contributed by atoms with Gasteiger partial charge in [0.15, 0.2) is 6.54 Å². The molecular formula is C24H28N3O2+. The first-order valence-corrected chi connectivity index (χ1v) is 10.2. The first kappa shape index (κ1) is 19.3. The Kier molecular flexibility index (Phi) is 5.67. The van der Waals surface area contributed by atoms with E-state index in [0.717, 1.165) is 31.9 Å². The lowest BCUT2D eigenvalue weighted by Crippen LogP contribution is -2.87. The Bertz CT molecular complexity index is 974. The number of rotatable bonds is 5. The van der Waals surface area contributed by atoms with Crippen LogP contribution in [0.4, 0.5) is 5.69 Å². The lowest BCUT2D eigenvalue weighted by Gasteiger charge is -2.36. The predicted octanol–water partition coefficient (Wildman–Crippen LogP) is 2.52. The molecular weight excluding hydrogens is 362 g/mol. The molecule has 0 aliphatic carbocycles. The molecule has 1 fully saturated rings. The summed E-state index contributed by atoms with van der Waals surface area (Å²) in [6.07, 6.45) is 0. The van der Waals surface area contributed by atoms with Crippen LogP contribution in [-0.2, 0) is 4.79 Å². The molecule has 0 saturated carbocycles. The highest BCUT2D eigenvalue weighted by molar-refractivity contribution is 5.86. The number of hydrogen-bond acceptors (Lipinski definition) is 3. The van der Waals surface area contributed by atoms with Gasteiger partial charge in [0.2, 0.25) is 0 Å². The minimum Gasteiger partial charge on any atom is -0.508 e. The van der Waals surface area contributed by atoms with Crippen molar-refractivity contribution in [1.82, 2.24) is 4.90 Å². The van der Waals surface area contributed by atoms with Crippen LogP contribution in [0.2, 0.25) is 0 Å². The van der Waals surface area contributed by atoms with Gasteiger partial charge in [-0.15, -0.1) is 0 Å². The molecule has 0 aromatic heterocycles. The highest BCUT2D eigenvalue weighted by Crippen LogP contribution is 2.22. The van der Waals surface area contributed by atoms with Gasteiger partial charge in [-0.25, -0.2) is 0 Å². The zero-order valence-corrected chi connectivity index (χ0v) is 16.8. The van der Waals surface area contributed by atoms with Gasteiger partial charge < -0.3 is 20.2 Å². The number of nitrogens with two attached hydrogens (primary N) is 1. The second-order valence-corrected chi connectivity index (χ2v) is 7.68. The third-order valence-electron chi connectivity index (χ3n) is 5.81. The van der Waals surface area contributed by atoms with Crippen molar-refractivity contribution in [3.63, 3.8) is 0 Å². The molecule has 1 aliphatic rings. The van der Waals surface area contributed by atoms with Crippen molar-refractivity contribution >= 4 is 22.4 Å². The van der Waals surface area contributed by atoms with Crippen molar-refractivity contribution in [2.24, 2.45) is 0 Å². The first-order chi connectivity index (χ1) is 14.1. The fraction of sp³-hybridized carbons (Fsp3) is 0.292. The van der Waals surface area contributed by atoms with Crippen LogP contribution in [-0.4, -0.2) is 48.6 Å². The number of phenolic OH excluding ortho intramolecular Hbond substituents is 1. The Balaban J connectivity index is 1.31. The summed E-state index contributed by atoms with van der Waals surface area (Å²) in [6, 6.07) is 22.3. The van der Waals surface area contributed by atoms with Gasteiger partial charge in [0.1, 0.15) is 11.8 Å². The minimum atomic E-state index is 0.197. The first-order valence-electron chi connectivity index (χ1n) is 10.2. The number of carbonyl (C=O) groups is 1. The van der Waals surface area contributed by atoms with Crippen LogP contribution in [0.15, 0.2) is 66.7 Å². The number of carbonyl (C=O) groups excluding carboxylic acids is 1. The van der Waals surface area contributed by atoms with Crippen LogP contribution in [0, 0.1) is 0 Å². The van der Waals surface area contributed by atoms with E-state index < -0.39 is 0 Å². The van der Waals surface area contributed by atoms with Crippen LogP contribution >= 0.6 is 0 Å². The number of benzene rings is 3. The standard InChI is InChI=1S/C24H27N3O2/c1-18(22-8-4-6-19-5-2-3-7-23(19)22)25-17-24(29)27-15-13-26(14-16-27)20-9-11-21(28)12-10-20/h2-12,18,25,28H,13-17H2,1H3/p+1/t18-/m0/s1. The summed E-state index contributed by atoms with van der Waals surface area (Å²) < 4.78 is 0.